The number of nitrogens with zero attached hydrogens (tertiary/aromatic N) is 1. The normalized spacial score (nSPS) is 22.9. The number of amides is 1. The molecular formula is C14H14N2O. The van der Waals surface area contributed by atoms with Gasteiger partial charge in [0.2, 0.25) is 5.91 Å². The standard InChI is InChI=1S/C14H14N2O/c17-13-6-5-12-14-9-3-1-2-4-10(9)15-11(14)7-8-16(12)13/h1-4,12,15H,5-8H2. The van der Waals surface area contributed by atoms with Gasteiger partial charge in [-0.3, -0.25) is 4.79 Å². The first kappa shape index (κ1) is 9.28. The highest BCUT2D eigenvalue weighted by Crippen LogP contribution is 2.41. The first-order chi connectivity index (χ1) is 8.34. The summed E-state index contributed by atoms with van der Waals surface area (Å²) in [6.07, 6.45) is 2.66. The third kappa shape index (κ3) is 1.14. The van der Waals surface area contributed by atoms with Crippen molar-refractivity contribution in [1.29, 1.82) is 0 Å². The molecule has 1 aromatic carbocycles. The molecule has 4 rings (SSSR count). The van der Waals surface area contributed by atoms with Crippen LogP contribution in [0.1, 0.15) is 30.1 Å². The number of benzene rings is 1. The number of aromatic nitrogens is 1. The van der Waals surface area contributed by atoms with Gasteiger partial charge in [0.1, 0.15) is 0 Å². The summed E-state index contributed by atoms with van der Waals surface area (Å²) in [5.41, 5.74) is 3.92. The molecule has 0 spiro atoms. The van der Waals surface area contributed by atoms with Crippen LogP contribution in [0.5, 0.6) is 0 Å². The predicted octanol–water partition coefficient (Wildman–Crippen LogP) is 2.39. The average molecular weight is 226 g/mol. The molecule has 1 saturated heterocycles. The molecule has 0 bridgehead atoms. The lowest BCUT2D eigenvalue weighted by atomic mass is 9.96. The van der Waals surface area contributed by atoms with E-state index in [1.165, 1.54) is 22.2 Å². The zero-order valence-electron chi connectivity index (χ0n) is 9.57. The lowest BCUT2D eigenvalue weighted by molar-refractivity contribution is -0.129. The summed E-state index contributed by atoms with van der Waals surface area (Å²) in [4.78, 5) is 17.4. The van der Waals surface area contributed by atoms with Crippen molar-refractivity contribution in [2.24, 2.45) is 0 Å². The summed E-state index contributed by atoms with van der Waals surface area (Å²) in [6.45, 7) is 0.878. The Labute approximate surface area is 99.4 Å². The lowest BCUT2D eigenvalue weighted by Crippen LogP contribution is -2.33. The first-order valence-corrected chi connectivity index (χ1v) is 6.23. The second-order valence-electron chi connectivity index (χ2n) is 4.95. The molecule has 1 aromatic heterocycles. The number of fused-ring (bicyclic) bond motifs is 5. The van der Waals surface area contributed by atoms with Crippen LogP contribution in [0.2, 0.25) is 0 Å². The molecule has 0 radical (unpaired) electrons. The maximum absolute atomic E-state index is 11.8. The molecule has 17 heavy (non-hydrogen) atoms. The number of carbonyl (C=O) groups is 1. The van der Waals surface area contributed by atoms with Gasteiger partial charge < -0.3 is 9.88 Å². The summed E-state index contributed by atoms with van der Waals surface area (Å²) in [5.74, 6) is 0.325. The van der Waals surface area contributed by atoms with Crippen LogP contribution in [0.4, 0.5) is 0 Å². The number of aromatic amines is 1. The van der Waals surface area contributed by atoms with Gasteiger partial charge in [0.15, 0.2) is 0 Å². The molecule has 1 unspecified atom stereocenters. The summed E-state index contributed by atoms with van der Waals surface area (Å²) in [5, 5.41) is 1.30. The van der Waals surface area contributed by atoms with Crippen LogP contribution in [0, 0.1) is 0 Å². The van der Waals surface area contributed by atoms with E-state index in [1.54, 1.807) is 0 Å². The van der Waals surface area contributed by atoms with E-state index in [4.69, 9.17) is 0 Å². The Bertz CT molecular complexity index is 614. The van der Waals surface area contributed by atoms with Gasteiger partial charge in [-0.15, -0.1) is 0 Å². The van der Waals surface area contributed by atoms with Gasteiger partial charge in [0.05, 0.1) is 6.04 Å². The number of nitrogens with one attached hydrogen (secondary N) is 1. The van der Waals surface area contributed by atoms with Crippen LogP contribution >= 0.6 is 0 Å². The van der Waals surface area contributed by atoms with Gasteiger partial charge in [-0.25, -0.2) is 0 Å². The number of rotatable bonds is 0. The first-order valence-electron chi connectivity index (χ1n) is 6.23. The van der Waals surface area contributed by atoms with E-state index in [0.717, 1.165) is 19.4 Å². The number of para-hydroxylation sites is 1. The fourth-order valence-electron chi connectivity index (χ4n) is 3.34. The van der Waals surface area contributed by atoms with E-state index >= 15 is 0 Å². The van der Waals surface area contributed by atoms with Crippen LogP contribution in [-0.4, -0.2) is 22.3 Å². The van der Waals surface area contributed by atoms with Crippen molar-refractivity contribution < 1.29 is 4.79 Å². The Morgan fingerprint density at radius 1 is 1.24 bits per heavy atom. The van der Waals surface area contributed by atoms with Crippen molar-refractivity contribution in [1.82, 2.24) is 9.88 Å². The molecule has 2 aliphatic heterocycles. The van der Waals surface area contributed by atoms with Gasteiger partial charge in [-0.05, 0) is 12.5 Å². The minimum absolute atomic E-state index is 0.322. The van der Waals surface area contributed by atoms with E-state index < -0.39 is 0 Å². The third-order valence-electron chi connectivity index (χ3n) is 4.09. The summed E-state index contributed by atoms with van der Waals surface area (Å²) < 4.78 is 0. The SMILES string of the molecule is O=C1CCC2c3c([nH]c4ccccc34)CCN12. The number of hydrogen-bond acceptors (Lipinski definition) is 1. The van der Waals surface area contributed by atoms with Crippen LogP contribution in [0.15, 0.2) is 24.3 Å². The monoisotopic (exact) mass is 226 g/mol. The molecule has 3 heteroatoms. The minimum atomic E-state index is 0.322. The van der Waals surface area contributed by atoms with E-state index in [9.17, 15) is 4.79 Å². The Morgan fingerprint density at radius 3 is 3.06 bits per heavy atom. The molecule has 0 saturated carbocycles. The van der Waals surface area contributed by atoms with Crippen LogP contribution < -0.4 is 0 Å². The maximum Gasteiger partial charge on any atom is 0.223 e. The fourth-order valence-corrected chi connectivity index (χ4v) is 3.34. The smallest absolute Gasteiger partial charge is 0.223 e. The lowest BCUT2D eigenvalue weighted by Gasteiger charge is -2.30. The Hall–Kier alpha value is -1.77. The predicted molar refractivity (Wildman–Crippen MR) is 65.7 cm³/mol. The van der Waals surface area contributed by atoms with E-state index in [0.29, 0.717) is 18.4 Å². The molecule has 3 heterocycles. The van der Waals surface area contributed by atoms with E-state index in [2.05, 4.69) is 34.1 Å². The van der Waals surface area contributed by atoms with Crippen molar-refractivity contribution >= 4 is 16.8 Å². The van der Waals surface area contributed by atoms with E-state index in [-0.39, 0.29) is 0 Å². The molecule has 1 atom stereocenters. The molecule has 86 valence electrons. The molecular weight excluding hydrogens is 212 g/mol. The Morgan fingerprint density at radius 2 is 2.12 bits per heavy atom. The molecule has 1 amide bonds. The molecule has 3 nitrogen and oxygen atoms in total. The van der Waals surface area contributed by atoms with Gasteiger partial charge >= 0.3 is 0 Å². The van der Waals surface area contributed by atoms with Gasteiger partial charge in [0.25, 0.3) is 0 Å². The maximum atomic E-state index is 11.8. The Kier molecular flexibility index (Phi) is 1.71. The van der Waals surface area contributed by atoms with Gasteiger partial charge in [-0.2, -0.15) is 0 Å². The topological polar surface area (TPSA) is 36.1 Å². The fraction of sp³-hybridized carbons (Fsp3) is 0.357. The molecule has 2 aliphatic rings. The summed E-state index contributed by atoms with van der Waals surface area (Å²) >= 11 is 0. The molecule has 2 aromatic rings. The second-order valence-corrected chi connectivity index (χ2v) is 4.95. The van der Waals surface area contributed by atoms with Gasteiger partial charge in [0, 0.05) is 41.5 Å². The highest BCUT2D eigenvalue weighted by molar-refractivity contribution is 5.88. The number of carbonyl (C=O) groups excluding carboxylic acids is 1. The van der Waals surface area contributed by atoms with Crippen molar-refractivity contribution in [3.05, 3.63) is 35.5 Å². The van der Waals surface area contributed by atoms with Crippen LogP contribution in [-0.2, 0) is 11.2 Å². The van der Waals surface area contributed by atoms with Crippen molar-refractivity contribution in [2.45, 2.75) is 25.3 Å². The highest BCUT2D eigenvalue weighted by atomic mass is 16.2. The van der Waals surface area contributed by atoms with Crippen molar-refractivity contribution in [3.8, 4) is 0 Å². The van der Waals surface area contributed by atoms with Crippen LogP contribution in [0.3, 0.4) is 0 Å². The number of hydrogen-bond donors (Lipinski definition) is 1. The van der Waals surface area contributed by atoms with Crippen molar-refractivity contribution in [2.75, 3.05) is 6.54 Å². The molecule has 1 N–H and O–H groups in total. The largest absolute Gasteiger partial charge is 0.358 e. The highest BCUT2D eigenvalue weighted by Gasteiger charge is 2.37. The van der Waals surface area contributed by atoms with E-state index in [1.807, 2.05) is 0 Å². The average Bonchev–Trinajstić information content (AvgIpc) is 2.90. The third-order valence-corrected chi connectivity index (χ3v) is 4.09. The zero-order chi connectivity index (χ0) is 11.4. The number of H-pyrrole nitrogens is 1. The molecule has 1 fully saturated rings. The van der Waals surface area contributed by atoms with Gasteiger partial charge in [-0.1, -0.05) is 18.2 Å². The summed E-state index contributed by atoms with van der Waals surface area (Å²) in [7, 11) is 0. The zero-order valence-corrected chi connectivity index (χ0v) is 9.57. The van der Waals surface area contributed by atoms with Crippen LogP contribution in [0.25, 0.3) is 10.9 Å². The second kappa shape index (κ2) is 3.13. The van der Waals surface area contributed by atoms with Crippen molar-refractivity contribution in [3.63, 3.8) is 0 Å². The quantitative estimate of drug-likeness (QED) is 0.735. The minimum Gasteiger partial charge on any atom is -0.358 e. The Balaban J connectivity index is 1.97. The summed E-state index contributed by atoms with van der Waals surface area (Å²) in [6, 6.07) is 8.74. The molecule has 0 aliphatic carbocycles.